The van der Waals surface area contributed by atoms with Crippen molar-refractivity contribution in [2.75, 3.05) is 12.3 Å². The Kier molecular flexibility index (Phi) is 4.51. The Morgan fingerprint density at radius 1 is 1.15 bits per heavy atom. The van der Waals surface area contributed by atoms with Crippen LogP contribution in [-0.2, 0) is 4.74 Å². The minimum absolute atomic E-state index is 0.0800. The van der Waals surface area contributed by atoms with Crippen LogP contribution in [0.5, 0.6) is 0 Å². The molecule has 1 aromatic carbocycles. The molecule has 4 atom stereocenters. The molecule has 1 saturated heterocycles. The highest BCUT2D eigenvalue weighted by molar-refractivity contribution is 7.99. The molecule has 1 fully saturated rings. The first kappa shape index (κ1) is 17.2. The molecule has 0 saturated carbocycles. The summed E-state index contributed by atoms with van der Waals surface area (Å²) in [5.41, 5.74) is 12.1. The minimum Gasteiger partial charge on any atom is -0.387 e. The predicted molar refractivity (Wildman–Crippen MR) is 95.3 cm³/mol. The molecular weight excluding hydrogens is 356 g/mol. The molecule has 1 aliphatic rings. The van der Waals surface area contributed by atoms with Crippen molar-refractivity contribution in [3.63, 3.8) is 0 Å². The van der Waals surface area contributed by atoms with Crippen molar-refractivity contribution in [1.29, 1.82) is 0 Å². The van der Waals surface area contributed by atoms with E-state index in [1.54, 1.807) is 0 Å². The van der Waals surface area contributed by atoms with Crippen LogP contribution in [0.25, 0.3) is 11.0 Å². The topological polar surface area (TPSA) is 145 Å². The van der Waals surface area contributed by atoms with Gasteiger partial charge in [-0.1, -0.05) is 30.0 Å². The molecule has 2 aromatic heterocycles. The molecule has 0 bridgehead atoms. The van der Waals surface area contributed by atoms with Gasteiger partial charge >= 0.3 is 0 Å². The highest BCUT2D eigenvalue weighted by atomic mass is 32.2. The number of nitrogens with zero attached hydrogens (tertiary/aromatic N) is 4. The maximum Gasteiger partial charge on any atom is 0.181 e. The van der Waals surface area contributed by atoms with Gasteiger partial charge < -0.3 is 26.4 Å². The Bertz CT molecular complexity index is 921. The van der Waals surface area contributed by atoms with Crippen molar-refractivity contribution in [1.82, 2.24) is 19.7 Å². The lowest BCUT2D eigenvalue weighted by Gasteiger charge is -2.15. The number of nitrogen functional groups attached to an aromatic ring is 1. The second-order valence-electron chi connectivity index (χ2n) is 5.90. The first-order valence-corrected chi connectivity index (χ1v) is 8.85. The van der Waals surface area contributed by atoms with Gasteiger partial charge in [-0.2, -0.15) is 5.10 Å². The van der Waals surface area contributed by atoms with E-state index in [0.29, 0.717) is 16.1 Å². The van der Waals surface area contributed by atoms with Gasteiger partial charge in [-0.3, -0.25) is 0 Å². The number of fused-ring (bicyclic) bond motifs is 1. The second kappa shape index (κ2) is 6.82. The average molecular weight is 374 g/mol. The van der Waals surface area contributed by atoms with Gasteiger partial charge in [-0.05, 0) is 12.1 Å². The van der Waals surface area contributed by atoms with E-state index in [9.17, 15) is 10.2 Å². The first-order chi connectivity index (χ1) is 12.6. The van der Waals surface area contributed by atoms with Gasteiger partial charge in [-0.25, -0.2) is 14.6 Å². The van der Waals surface area contributed by atoms with E-state index in [1.807, 2.05) is 30.3 Å². The fourth-order valence-electron chi connectivity index (χ4n) is 2.94. The van der Waals surface area contributed by atoms with Crippen LogP contribution in [-0.4, -0.2) is 54.8 Å². The number of rotatable bonds is 4. The summed E-state index contributed by atoms with van der Waals surface area (Å²) in [4.78, 5) is 9.26. The number of ether oxygens (including phenoxy) is 1. The van der Waals surface area contributed by atoms with Crippen molar-refractivity contribution in [3.05, 3.63) is 36.7 Å². The van der Waals surface area contributed by atoms with Gasteiger partial charge in [0.25, 0.3) is 0 Å². The molecule has 0 spiro atoms. The van der Waals surface area contributed by atoms with Crippen LogP contribution in [0.2, 0.25) is 0 Å². The maximum atomic E-state index is 10.4. The van der Waals surface area contributed by atoms with Crippen molar-refractivity contribution in [3.8, 4) is 0 Å². The van der Waals surface area contributed by atoms with E-state index >= 15 is 0 Å². The third-order valence-electron chi connectivity index (χ3n) is 4.25. The van der Waals surface area contributed by atoms with Crippen LogP contribution >= 0.6 is 11.8 Å². The minimum atomic E-state index is -1.18. The largest absolute Gasteiger partial charge is 0.387 e. The Balaban J connectivity index is 1.80. The van der Waals surface area contributed by atoms with E-state index in [4.69, 9.17) is 16.2 Å². The molecule has 26 heavy (non-hydrogen) atoms. The molecule has 10 heteroatoms. The van der Waals surface area contributed by atoms with Gasteiger partial charge in [0.1, 0.15) is 35.5 Å². The van der Waals surface area contributed by atoms with E-state index in [2.05, 4.69) is 15.1 Å². The number of hydrogen-bond donors (Lipinski definition) is 4. The lowest BCUT2D eigenvalue weighted by molar-refractivity contribution is -0.0399. The number of aliphatic hydroxyl groups excluding tert-OH is 2. The molecule has 3 heterocycles. The summed E-state index contributed by atoms with van der Waals surface area (Å²) in [7, 11) is 0. The highest BCUT2D eigenvalue weighted by Crippen LogP contribution is 2.38. The lowest BCUT2D eigenvalue weighted by Crippen LogP contribution is -2.35. The third kappa shape index (κ3) is 2.81. The van der Waals surface area contributed by atoms with Gasteiger partial charge in [0.2, 0.25) is 0 Å². The number of nitrogens with two attached hydrogens (primary N) is 2. The van der Waals surface area contributed by atoms with Crippen molar-refractivity contribution in [2.45, 2.75) is 34.5 Å². The van der Waals surface area contributed by atoms with Crippen LogP contribution in [0.3, 0.4) is 0 Å². The van der Waals surface area contributed by atoms with Crippen LogP contribution < -0.4 is 11.5 Å². The first-order valence-electron chi connectivity index (χ1n) is 8.03. The summed E-state index contributed by atoms with van der Waals surface area (Å²) < 4.78 is 7.13. The van der Waals surface area contributed by atoms with Crippen molar-refractivity contribution in [2.24, 2.45) is 5.73 Å². The van der Waals surface area contributed by atoms with Crippen molar-refractivity contribution < 1.29 is 14.9 Å². The molecule has 3 aromatic rings. The molecular formula is C16H18N6O3S. The number of aromatic nitrogens is 4. The molecule has 0 unspecified atom stereocenters. The highest BCUT2D eigenvalue weighted by Gasteiger charge is 2.44. The van der Waals surface area contributed by atoms with Crippen molar-refractivity contribution >= 4 is 28.6 Å². The van der Waals surface area contributed by atoms with E-state index in [1.165, 1.54) is 22.8 Å². The van der Waals surface area contributed by atoms with E-state index in [0.717, 1.165) is 4.90 Å². The summed E-state index contributed by atoms with van der Waals surface area (Å²) in [6, 6.07) is 9.67. The zero-order valence-electron chi connectivity index (χ0n) is 13.6. The molecule has 0 amide bonds. The second-order valence-corrected chi connectivity index (χ2v) is 6.97. The zero-order valence-corrected chi connectivity index (χ0v) is 14.5. The molecule has 9 nitrogen and oxygen atoms in total. The zero-order chi connectivity index (χ0) is 18.3. The van der Waals surface area contributed by atoms with E-state index in [-0.39, 0.29) is 12.4 Å². The Morgan fingerprint density at radius 2 is 1.92 bits per heavy atom. The van der Waals surface area contributed by atoms with Gasteiger partial charge in [0.15, 0.2) is 11.9 Å². The predicted octanol–water partition coefficient (Wildman–Crippen LogP) is 0.138. The number of aliphatic hydroxyl groups is 2. The summed E-state index contributed by atoms with van der Waals surface area (Å²) >= 11 is 1.40. The number of anilines is 1. The summed E-state index contributed by atoms with van der Waals surface area (Å²) in [6.07, 6.45) is -2.56. The lowest BCUT2D eigenvalue weighted by atomic mass is 10.1. The normalized spacial score (nSPS) is 25.8. The Labute approximate surface area is 153 Å². The third-order valence-corrected chi connectivity index (χ3v) is 5.24. The summed E-state index contributed by atoms with van der Waals surface area (Å²) in [5, 5.41) is 26.2. The summed E-state index contributed by atoms with van der Waals surface area (Å²) in [5.74, 6) is 0.281. The Hall–Kier alpha value is -2.24. The van der Waals surface area contributed by atoms with Gasteiger partial charge in [0.05, 0.1) is 5.39 Å². The van der Waals surface area contributed by atoms with Crippen LogP contribution in [0.15, 0.2) is 46.6 Å². The average Bonchev–Trinajstić information content (AvgIpc) is 3.15. The molecule has 1 aliphatic heterocycles. The monoisotopic (exact) mass is 374 g/mol. The molecule has 4 rings (SSSR count). The van der Waals surface area contributed by atoms with Crippen LogP contribution in [0.4, 0.5) is 5.82 Å². The standard InChI is InChI=1S/C16H18N6O3S/c17-6-9-11(23)12(24)16(25-9)22-14-10(13(18)19-7-20-14)15(21-22)26-8-4-2-1-3-5-8/h1-5,7,9,11-12,16,23-24H,6,17H2,(H2,18,19,20)/t9-,11-,12-,16-/m1/s1. The fraction of sp³-hybridized carbons (Fsp3) is 0.312. The molecule has 6 N–H and O–H groups in total. The SMILES string of the molecule is NC[C@H]1O[C@@H](n2nc(Sc3ccccc3)c3c(N)ncnc32)[C@H](O)[C@@H]1O. The van der Waals surface area contributed by atoms with Gasteiger partial charge in [0, 0.05) is 11.4 Å². The Morgan fingerprint density at radius 3 is 2.62 bits per heavy atom. The van der Waals surface area contributed by atoms with E-state index < -0.39 is 24.5 Å². The summed E-state index contributed by atoms with van der Waals surface area (Å²) in [6.45, 7) is 0.0800. The fourth-order valence-corrected chi connectivity index (χ4v) is 3.88. The smallest absolute Gasteiger partial charge is 0.181 e. The quantitative estimate of drug-likeness (QED) is 0.501. The van der Waals surface area contributed by atoms with Crippen LogP contribution in [0, 0.1) is 0 Å². The molecule has 0 aliphatic carbocycles. The molecule has 0 radical (unpaired) electrons. The number of hydrogen-bond acceptors (Lipinski definition) is 9. The number of benzene rings is 1. The van der Waals surface area contributed by atoms with Gasteiger partial charge in [-0.15, -0.1) is 0 Å². The van der Waals surface area contributed by atoms with Crippen LogP contribution in [0.1, 0.15) is 6.23 Å². The maximum absolute atomic E-state index is 10.4. The molecule has 136 valence electrons.